The summed E-state index contributed by atoms with van der Waals surface area (Å²) in [5.41, 5.74) is 0.995. The first-order chi connectivity index (χ1) is 17.3. The minimum atomic E-state index is -0.707. The minimum Gasteiger partial charge on any atom is -0.394 e. The van der Waals surface area contributed by atoms with Crippen LogP contribution in [0.3, 0.4) is 0 Å². The number of aromatic nitrogens is 2. The van der Waals surface area contributed by atoms with Crippen molar-refractivity contribution in [3.05, 3.63) is 18.0 Å². The van der Waals surface area contributed by atoms with Gasteiger partial charge in [0.05, 0.1) is 57.0 Å². The average molecular weight is 543 g/mol. The minimum absolute atomic E-state index is 0.0120. The molecule has 3 rings (SSSR count). The number of morpholine rings is 2. The van der Waals surface area contributed by atoms with Gasteiger partial charge in [0.15, 0.2) is 0 Å². The SMILES string of the molecule is CC(C)(C)N1CCO[C@@H](CO)C1.CC(C)(C)N1CCO[C@H](CO)C1.CC(C)(O)Cn1cc(C(C)(C)C)cn1. The Labute approximate surface area is 232 Å². The Morgan fingerprint density at radius 2 is 1.21 bits per heavy atom. The van der Waals surface area contributed by atoms with Crippen molar-refractivity contribution in [2.45, 2.75) is 117 Å². The maximum absolute atomic E-state index is 9.62. The lowest BCUT2D eigenvalue weighted by molar-refractivity contribution is -0.0767. The van der Waals surface area contributed by atoms with Crippen LogP contribution in [-0.4, -0.2) is 116 Å². The van der Waals surface area contributed by atoms with E-state index in [-0.39, 0.29) is 41.9 Å². The lowest BCUT2D eigenvalue weighted by atomic mass is 9.90. The van der Waals surface area contributed by atoms with Crippen LogP contribution in [0.15, 0.2) is 12.4 Å². The number of aliphatic hydroxyl groups is 3. The molecule has 0 aliphatic carbocycles. The molecule has 9 heteroatoms. The Bertz CT molecular complexity index is 753. The van der Waals surface area contributed by atoms with E-state index in [2.05, 4.69) is 77.2 Å². The van der Waals surface area contributed by atoms with Gasteiger partial charge >= 0.3 is 0 Å². The highest BCUT2D eigenvalue weighted by Gasteiger charge is 2.28. The highest BCUT2D eigenvalue weighted by molar-refractivity contribution is 5.15. The zero-order valence-corrected chi connectivity index (χ0v) is 26.1. The van der Waals surface area contributed by atoms with Crippen LogP contribution in [0.5, 0.6) is 0 Å². The van der Waals surface area contributed by atoms with Gasteiger partial charge in [0, 0.05) is 43.5 Å². The molecule has 0 amide bonds. The van der Waals surface area contributed by atoms with Crippen LogP contribution in [0.2, 0.25) is 0 Å². The maximum atomic E-state index is 9.62. The molecule has 3 N–H and O–H groups in total. The van der Waals surface area contributed by atoms with Gasteiger partial charge in [0.25, 0.3) is 0 Å². The molecule has 0 radical (unpaired) electrons. The summed E-state index contributed by atoms with van der Waals surface area (Å²) in [4.78, 5) is 4.69. The standard InChI is InChI=1S/C11H20N2O.2C9H19NO2/c1-10(2,3)9-6-12-13(7-9)8-11(4,5)14;2*1-9(2,3)10-4-5-12-8(6-10)7-11/h6-7,14H,8H2,1-5H3;2*8,11H,4-7H2,1-3H3/t;2*8-/m.10/s1. The zero-order valence-electron chi connectivity index (χ0n) is 26.1. The third-order valence-corrected chi connectivity index (χ3v) is 6.63. The molecule has 2 aliphatic heterocycles. The number of hydrogen-bond acceptors (Lipinski definition) is 8. The maximum Gasteiger partial charge on any atom is 0.0933 e. The molecule has 0 spiro atoms. The van der Waals surface area contributed by atoms with Gasteiger partial charge in [-0.25, -0.2) is 0 Å². The van der Waals surface area contributed by atoms with E-state index in [0.717, 1.165) is 39.4 Å². The van der Waals surface area contributed by atoms with Crippen molar-refractivity contribution in [2.75, 3.05) is 52.6 Å². The van der Waals surface area contributed by atoms with Crippen molar-refractivity contribution < 1.29 is 24.8 Å². The molecule has 1 aromatic heterocycles. The molecule has 0 unspecified atom stereocenters. The fraction of sp³-hybridized carbons (Fsp3) is 0.897. The fourth-order valence-electron chi connectivity index (χ4n) is 4.11. The van der Waals surface area contributed by atoms with E-state index >= 15 is 0 Å². The first-order valence-corrected chi connectivity index (χ1v) is 14.0. The van der Waals surface area contributed by atoms with Crippen molar-refractivity contribution in [1.29, 1.82) is 0 Å². The summed E-state index contributed by atoms with van der Waals surface area (Å²) in [6, 6.07) is 0. The zero-order chi connectivity index (χ0) is 29.4. The predicted octanol–water partition coefficient (Wildman–Crippen LogP) is 2.91. The number of nitrogens with zero attached hydrogens (tertiary/aromatic N) is 4. The summed E-state index contributed by atoms with van der Waals surface area (Å²) in [5, 5.41) is 31.7. The van der Waals surface area contributed by atoms with Gasteiger partial charge in [-0.05, 0) is 66.4 Å². The molecule has 224 valence electrons. The Balaban J connectivity index is 0.000000286. The Hall–Kier alpha value is -1.07. The molecule has 3 heterocycles. The monoisotopic (exact) mass is 542 g/mol. The van der Waals surface area contributed by atoms with Crippen molar-refractivity contribution in [3.8, 4) is 0 Å². The molecule has 0 aromatic carbocycles. The summed E-state index contributed by atoms with van der Waals surface area (Å²) < 4.78 is 12.5. The molecule has 1 aromatic rings. The van der Waals surface area contributed by atoms with Crippen LogP contribution < -0.4 is 0 Å². The second-order valence-electron chi connectivity index (χ2n) is 14.1. The van der Waals surface area contributed by atoms with Gasteiger partial charge < -0.3 is 24.8 Å². The molecule has 2 atom stereocenters. The molecule has 2 saturated heterocycles. The van der Waals surface area contributed by atoms with Crippen molar-refractivity contribution >= 4 is 0 Å². The van der Waals surface area contributed by atoms with E-state index in [1.54, 1.807) is 18.5 Å². The van der Waals surface area contributed by atoms with Crippen molar-refractivity contribution in [3.63, 3.8) is 0 Å². The number of ether oxygens (including phenoxy) is 2. The van der Waals surface area contributed by atoms with Gasteiger partial charge in [-0.1, -0.05) is 20.8 Å². The third kappa shape index (κ3) is 13.3. The lowest BCUT2D eigenvalue weighted by Crippen LogP contribution is -2.52. The summed E-state index contributed by atoms with van der Waals surface area (Å²) in [6.45, 7) is 29.1. The lowest BCUT2D eigenvalue weighted by Gasteiger charge is -2.41. The number of hydrogen-bond donors (Lipinski definition) is 3. The Morgan fingerprint density at radius 1 is 0.789 bits per heavy atom. The van der Waals surface area contributed by atoms with Gasteiger partial charge in [-0.2, -0.15) is 5.10 Å². The van der Waals surface area contributed by atoms with Crippen molar-refractivity contribution in [2.24, 2.45) is 0 Å². The van der Waals surface area contributed by atoms with Gasteiger partial charge in [-0.15, -0.1) is 0 Å². The van der Waals surface area contributed by atoms with Crippen LogP contribution in [-0.2, 0) is 21.4 Å². The topological polar surface area (TPSA) is 103 Å². The number of aliphatic hydroxyl groups excluding tert-OH is 2. The molecule has 0 bridgehead atoms. The van der Waals surface area contributed by atoms with E-state index in [0.29, 0.717) is 6.54 Å². The van der Waals surface area contributed by atoms with E-state index < -0.39 is 5.60 Å². The van der Waals surface area contributed by atoms with E-state index in [9.17, 15) is 5.11 Å². The second kappa shape index (κ2) is 14.5. The molecule has 9 nitrogen and oxygen atoms in total. The summed E-state index contributed by atoms with van der Waals surface area (Å²) in [5.74, 6) is 0. The Morgan fingerprint density at radius 3 is 1.50 bits per heavy atom. The van der Waals surface area contributed by atoms with Gasteiger partial charge in [0.1, 0.15) is 0 Å². The largest absolute Gasteiger partial charge is 0.394 e. The molecule has 38 heavy (non-hydrogen) atoms. The summed E-state index contributed by atoms with van der Waals surface area (Å²) in [6.07, 6.45) is 3.89. The molecular weight excluding hydrogens is 484 g/mol. The van der Waals surface area contributed by atoms with Crippen LogP contribution in [0, 0.1) is 0 Å². The van der Waals surface area contributed by atoms with Crippen LogP contribution in [0.1, 0.15) is 81.7 Å². The van der Waals surface area contributed by atoms with E-state index in [4.69, 9.17) is 19.7 Å². The van der Waals surface area contributed by atoms with E-state index in [1.165, 1.54) is 5.56 Å². The molecule has 0 saturated carbocycles. The first kappa shape index (κ1) is 35.0. The van der Waals surface area contributed by atoms with Crippen LogP contribution in [0.4, 0.5) is 0 Å². The second-order valence-corrected chi connectivity index (χ2v) is 14.1. The highest BCUT2D eigenvalue weighted by atomic mass is 16.5. The number of rotatable bonds is 4. The molecule has 2 aliphatic rings. The van der Waals surface area contributed by atoms with E-state index in [1.807, 2.05) is 12.4 Å². The van der Waals surface area contributed by atoms with Crippen LogP contribution >= 0.6 is 0 Å². The summed E-state index contributed by atoms with van der Waals surface area (Å²) in [7, 11) is 0. The average Bonchev–Trinajstić information content (AvgIpc) is 3.26. The smallest absolute Gasteiger partial charge is 0.0933 e. The molecular formula is C29H58N4O5. The van der Waals surface area contributed by atoms with Gasteiger partial charge in [0.2, 0.25) is 0 Å². The summed E-state index contributed by atoms with van der Waals surface area (Å²) >= 11 is 0. The first-order valence-electron chi connectivity index (χ1n) is 14.0. The van der Waals surface area contributed by atoms with Gasteiger partial charge in [-0.3, -0.25) is 14.5 Å². The Kier molecular flexibility index (Phi) is 13.4. The van der Waals surface area contributed by atoms with Crippen LogP contribution in [0.25, 0.3) is 0 Å². The normalized spacial score (nSPS) is 22.3. The quantitative estimate of drug-likeness (QED) is 0.534. The highest BCUT2D eigenvalue weighted by Crippen LogP contribution is 2.21. The predicted molar refractivity (Wildman–Crippen MR) is 154 cm³/mol. The molecule has 2 fully saturated rings. The fourth-order valence-corrected chi connectivity index (χ4v) is 4.11. The third-order valence-electron chi connectivity index (χ3n) is 6.63. The van der Waals surface area contributed by atoms with Crippen molar-refractivity contribution in [1.82, 2.24) is 19.6 Å².